The number of hydrogen-bond donors (Lipinski definition) is 1. The van der Waals surface area contributed by atoms with E-state index in [1.54, 1.807) is 0 Å². The van der Waals surface area contributed by atoms with Gasteiger partial charge in [0.15, 0.2) is 0 Å². The summed E-state index contributed by atoms with van der Waals surface area (Å²) in [5, 5.41) is 8.50. The lowest BCUT2D eigenvalue weighted by Gasteiger charge is -2.51. The number of ether oxygens (including phenoxy) is 1. The highest BCUT2D eigenvalue weighted by molar-refractivity contribution is 5.66. The molecular weight excluding hydrogens is 180 g/mol. The molecule has 1 fully saturated rings. The third-order valence-electron chi connectivity index (χ3n) is 3.12. The van der Waals surface area contributed by atoms with Crippen molar-refractivity contribution in [1.29, 1.82) is 0 Å². The van der Waals surface area contributed by atoms with E-state index in [-0.39, 0.29) is 18.1 Å². The van der Waals surface area contributed by atoms with E-state index >= 15 is 0 Å². The molecular formula is C11H20O3. The molecule has 0 radical (unpaired) electrons. The second kappa shape index (κ2) is 4.30. The molecule has 14 heavy (non-hydrogen) atoms. The summed E-state index contributed by atoms with van der Waals surface area (Å²) in [5.74, 6) is -0.118. The Morgan fingerprint density at radius 3 is 2.57 bits per heavy atom. The van der Waals surface area contributed by atoms with Crippen LogP contribution in [0.15, 0.2) is 0 Å². The molecule has 82 valence electrons. The lowest BCUT2D eigenvalue weighted by molar-refractivity contribution is -0.244. The predicted octanol–water partition coefficient (Wildman–Crippen LogP) is 2.44. The molecule has 2 atom stereocenters. The normalized spacial score (nSPS) is 29.6. The number of carboxylic acid groups (broad SMARTS) is 1. The Morgan fingerprint density at radius 1 is 1.50 bits per heavy atom. The van der Waals surface area contributed by atoms with Crippen molar-refractivity contribution in [3.8, 4) is 0 Å². The summed E-state index contributed by atoms with van der Waals surface area (Å²) in [7, 11) is 0. The first kappa shape index (κ1) is 11.5. The fraction of sp³-hybridized carbons (Fsp3) is 0.909. The van der Waals surface area contributed by atoms with Crippen molar-refractivity contribution in [3.05, 3.63) is 0 Å². The van der Waals surface area contributed by atoms with Crippen LogP contribution >= 0.6 is 0 Å². The van der Waals surface area contributed by atoms with Gasteiger partial charge in [-0.3, -0.25) is 4.79 Å². The first-order chi connectivity index (χ1) is 6.47. The number of hydrogen-bond acceptors (Lipinski definition) is 2. The van der Waals surface area contributed by atoms with Crippen molar-refractivity contribution in [1.82, 2.24) is 0 Å². The molecule has 1 rings (SSSR count). The molecule has 1 aliphatic heterocycles. The fourth-order valence-electron chi connectivity index (χ4n) is 2.40. The van der Waals surface area contributed by atoms with Gasteiger partial charge in [-0.1, -0.05) is 6.92 Å². The van der Waals surface area contributed by atoms with Crippen LogP contribution in [0.25, 0.3) is 0 Å². The topological polar surface area (TPSA) is 46.5 Å². The molecule has 0 spiro atoms. The monoisotopic (exact) mass is 200 g/mol. The van der Waals surface area contributed by atoms with Gasteiger partial charge in [-0.05, 0) is 33.1 Å². The largest absolute Gasteiger partial charge is 0.481 e. The maximum atomic E-state index is 10.3. The predicted molar refractivity (Wildman–Crippen MR) is 54.2 cm³/mol. The van der Waals surface area contributed by atoms with Crippen LogP contribution in [0.2, 0.25) is 0 Å². The second-order valence-corrected chi connectivity index (χ2v) is 4.56. The van der Waals surface area contributed by atoms with E-state index in [0.29, 0.717) is 5.92 Å². The zero-order valence-corrected chi connectivity index (χ0v) is 9.25. The molecule has 2 unspecified atom stereocenters. The van der Waals surface area contributed by atoms with Crippen LogP contribution in [0, 0.1) is 5.92 Å². The number of rotatable bonds is 5. The van der Waals surface area contributed by atoms with Gasteiger partial charge in [0.1, 0.15) is 0 Å². The van der Waals surface area contributed by atoms with Crippen LogP contribution in [0.1, 0.15) is 46.5 Å². The third kappa shape index (κ3) is 2.47. The molecule has 1 saturated heterocycles. The summed E-state index contributed by atoms with van der Waals surface area (Å²) >= 11 is 0. The van der Waals surface area contributed by atoms with Gasteiger partial charge in [-0.15, -0.1) is 0 Å². The molecule has 0 saturated carbocycles. The average Bonchev–Trinajstić information content (AvgIpc) is 2.02. The highest BCUT2D eigenvalue weighted by Crippen LogP contribution is 2.42. The molecule has 0 aromatic heterocycles. The van der Waals surface area contributed by atoms with Gasteiger partial charge >= 0.3 is 5.97 Å². The Morgan fingerprint density at radius 2 is 2.14 bits per heavy atom. The molecule has 1 aliphatic rings. The van der Waals surface area contributed by atoms with Crippen LogP contribution in [0.4, 0.5) is 0 Å². The molecule has 0 aromatic rings. The Bertz CT molecular complexity index is 211. The average molecular weight is 200 g/mol. The first-order valence-corrected chi connectivity index (χ1v) is 5.37. The van der Waals surface area contributed by atoms with Gasteiger partial charge in [-0.25, -0.2) is 0 Å². The van der Waals surface area contributed by atoms with E-state index in [1.165, 1.54) is 0 Å². The van der Waals surface area contributed by atoms with Crippen molar-refractivity contribution in [2.24, 2.45) is 5.92 Å². The summed E-state index contributed by atoms with van der Waals surface area (Å²) in [5.41, 5.74) is 0.00262. The Balaban J connectivity index is 2.24. The second-order valence-electron chi connectivity index (χ2n) is 4.56. The number of carboxylic acids is 1. The Labute approximate surface area is 85.5 Å². The Kier molecular flexibility index (Phi) is 3.53. The molecule has 3 nitrogen and oxygen atoms in total. The third-order valence-corrected chi connectivity index (χ3v) is 3.12. The van der Waals surface area contributed by atoms with E-state index in [2.05, 4.69) is 20.8 Å². The zero-order chi connectivity index (χ0) is 10.8. The van der Waals surface area contributed by atoms with Crippen LogP contribution in [-0.2, 0) is 9.53 Å². The fourth-order valence-corrected chi connectivity index (χ4v) is 2.40. The molecule has 1 N–H and O–H groups in total. The summed E-state index contributed by atoms with van der Waals surface area (Å²) in [6, 6.07) is 0. The molecule has 0 aromatic carbocycles. The summed E-state index contributed by atoms with van der Waals surface area (Å²) in [6.07, 6.45) is 3.27. The van der Waals surface area contributed by atoms with Crippen LogP contribution in [0.3, 0.4) is 0 Å². The maximum Gasteiger partial charge on any atom is 0.303 e. The minimum atomic E-state index is -0.711. The highest BCUT2D eigenvalue weighted by atomic mass is 16.5. The van der Waals surface area contributed by atoms with E-state index in [9.17, 15) is 4.79 Å². The van der Waals surface area contributed by atoms with Gasteiger partial charge in [0.25, 0.3) is 0 Å². The minimum absolute atomic E-state index is 0.00262. The summed E-state index contributed by atoms with van der Waals surface area (Å²) in [6.45, 7) is 6.38. The molecule has 0 amide bonds. The van der Waals surface area contributed by atoms with E-state index in [0.717, 1.165) is 19.3 Å². The van der Waals surface area contributed by atoms with Crippen molar-refractivity contribution in [2.45, 2.75) is 58.2 Å². The zero-order valence-electron chi connectivity index (χ0n) is 9.25. The molecule has 1 heterocycles. The maximum absolute atomic E-state index is 10.3. The Hall–Kier alpha value is -0.570. The molecule has 3 heteroatoms. The SMILES string of the molecule is CCC1C(CCCC(=O)O)OC1(C)C. The van der Waals surface area contributed by atoms with Gasteiger partial charge in [-0.2, -0.15) is 0 Å². The smallest absolute Gasteiger partial charge is 0.303 e. The lowest BCUT2D eigenvalue weighted by atomic mass is 9.76. The van der Waals surface area contributed by atoms with E-state index in [4.69, 9.17) is 9.84 Å². The number of carbonyl (C=O) groups is 1. The van der Waals surface area contributed by atoms with Crippen molar-refractivity contribution < 1.29 is 14.6 Å². The summed E-state index contributed by atoms with van der Waals surface area (Å²) < 4.78 is 5.72. The van der Waals surface area contributed by atoms with Gasteiger partial charge in [0.2, 0.25) is 0 Å². The quantitative estimate of drug-likeness (QED) is 0.741. The van der Waals surface area contributed by atoms with Gasteiger partial charge < -0.3 is 9.84 Å². The van der Waals surface area contributed by atoms with Crippen molar-refractivity contribution in [2.75, 3.05) is 0 Å². The van der Waals surface area contributed by atoms with E-state index < -0.39 is 5.97 Å². The van der Waals surface area contributed by atoms with E-state index in [1.807, 2.05) is 0 Å². The number of aliphatic carboxylic acids is 1. The molecule has 0 bridgehead atoms. The standard InChI is InChI=1S/C11H20O3/c1-4-8-9(14-11(8,2)3)6-5-7-10(12)13/h8-9H,4-7H2,1-3H3,(H,12,13). The first-order valence-electron chi connectivity index (χ1n) is 5.37. The van der Waals surface area contributed by atoms with Crippen molar-refractivity contribution >= 4 is 5.97 Å². The van der Waals surface area contributed by atoms with Crippen LogP contribution < -0.4 is 0 Å². The van der Waals surface area contributed by atoms with Crippen molar-refractivity contribution in [3.63, 3.8) is 0 Å². The molecule has 0 aliphatic carbocycles. The lowest BCUT2D eigenvalue weighted by Crippen LogP contribution is -2.55. The van der Waals surface area contributed by atoms with Gasteiger partial charge in [0, 0.05) is 12.3 Å². The van der Waals surface area contributed by atoms with Gasteiger partial charge in [0.05, 0.1) is 11.7 Å². The summed E-state index contributed by atoms with van der Waals surface area (Å²) in [4.78, 5) is 10.3. The van der Waals surface area contributed by atoms with Crippen LogP contribution in [-0.4, -0.2) is 22.8 Å². The van der Waals surface area contributed by atoms with Crippen LogP contribution in [0.5, 0.6) is 0 Å². The minimum Gasteiger partial charge on any atom is -0.481 e. The highest BCUT2D eigenvalue weighted by Gasteiger charge is 2.46.